The zero-order valence-electron chi connectivity index (χ0n) is 7.69. The minimum atomic E-state index is -0.761. The van der Waals surface area contributed by atoms with Crippen LogP contribution in [0.3, 0.4) is 0 Å². The van der Waals surface area contributed by atoms with Crippen molar-refractivity contribution in [2.45, 2.75) is 6.92 Å². The van der Waals surface area contributed by atoms with Gasteiger partial charge in [0, 0.05) is 6.20 Å². The first-order valence-corrected chi connectivity index (χ1v) is 4.13. The summed E-state index contributed by atoms with van der Waals surface area (Å²) in [6, 6.07) is 4.85. The maximum absolute atomic E-state index is 11.3. The molecule has 4 heteroatoms. The maximum Gasteiger partial charge on any atom is 0.323 e. The standard InChI is InChI=1S/C10H9NO3/c1-2-14-10(13)7-9(12)8-5-3-4-6-11-8/h3-6H,2H2,1H3. The third-order valence-corrected chi connectivity index (χ3v) is 1.39. The Morgan fingerprint density at radius 1 is 1.50 bits per heavy atom. The van der Waals surface area contributed by atoms with Gasteiger partial charge in [-0.1, -0.05) is 6.07 Å². The smallest absolute Gasteiger partial charge is 0.323 e. The molecule has 0 spiro atoms. The molecule has 0 bridgehead atoms. The Balaban J connectivity index is 2.55. The molecule has 0 aromatic carbocycles. The molecular formula is C10H9NO3. The van der Waals surface area contributed by atoms with Gasteiger partial charge in [-0.15, -0.1) is 0 Å². The van der Waals surface area contributed by atoms with Crippen molar-refractivity contribution in [1.82, 2.24) is 4.98 Å². The number of carbonyl (C=O) groups is 2. The minimum absolute atomic E-state index is 0.181. The van der Waals surface area contributed by atoms with Crippen LogP contribution in [-0.4, -0.2) is 23.3 Å². The second-order valence-corrected chi connectivity index (χ2v) is 2.39. The van der Waals surface area contributed by atoms with E-state index >= 15 is 0 Å². The summed E-state index contributed by atoms with van der Waals surface area (Å²) in [5, 5.41) is 0. The number of Topliss-reactive ketones (excluding diaryl/α,β-unsaturated/α-hetero) is 1. The number of ketones is 1. The van der Waals surface area contributed by atoms with E-state index in [0.717, 1.165) is 0 Å². The van der Waals surface area contributed by atoms with Gasteiger partial charge >= 0.3 is 5.97 Å². The monoisotopic (exact) mass is 191 g/mol. The molecule has 2 radical (unpaired) electrons. The predicted molar refractivity (Wildman–Crippen MR) is 48.4 cm³/mol. The van der Waals surface area contributed by atoms with Crippen molar-refractivity contribution in [3.8, 4) is 0 Å². The molecule has 0 saturated heterocycles. The average Bonchev–Trinajstić information content (AvgIpc) is 2.19. The molecule has 0 unspecified atom stereocenters. The molecule has 0 atom stereocenters. The summed E-state index contributed by atoms with van der Waals surface area (Å²) >= 11 is 0. The predicted octanol–water partition coefficient (Wildman–Crippen LogP) is 0.909. The van der Waals surface area contributed by atoms with E-state index in [4.69, 9.17) is 0 Å². The quantitative estimate of drug-likeness (QED) is 0.524. The number of ether oxygens (including phenoxy) is 1. The van der Waals surface area contributed by atoms with Gasteiger partial charge < -0.3 is 4.74 Å². The Morgan fingerprint density at radius 2 is 2.29 bits per heavy atom. The molecule has 1 aromatic heterocycles. The summed E-state index contributed by atoms with van der Waals surface area (Å²) in [5.74, 6) is -1.33. The van der Waals surface area contributed by atoms with Gasteiger partial charge in [0.15, 0.2) is 6.42 Å². The molecule has 72 valence electrons. The van der Waals surface area contributed by atoms with Crippen LogP contribution in [0.1, 0.15) is 17.4 Å². The van der Waals surface area contributed by atoms with Gasteiger partial charge in [0.25, 0.3) is 0 Å². The number of nitrogens with zero attached hydrogens (tertiary/aromatic N) is 1. The summed E-state index contributed by atoms with van der Waals surface area (Å²) < 4.78 is 4.54. The van der Waals surface area contributed by atoms with Crippen LogP contribution in [0.2, 0.25) is 0 Å². The van der Waals surface area contributed by atoms with E-state index in [-0.39, 0.29) is 12.3 Å². The van der Waals surface area contributed by atoms with Crippen LogP contribution in [0, 0.1) is 6.42 Å². The van der Waals surface area contributed by atoms with Gasteiger partial charge in [-0.25, -0.2) is 0 Å². The second kappa shape index (κ2) is 5.11. The van der Waals surface area contributed by atoms with E-state index in [1.807, 2.05) is 6.42 Å². The third-order valence-electron chi connectivity index (χ3n) is 1.39. The molecule has 0 aliphatic carbocycles. The van der Waals surface area contributed by atoms with Crippen LogP contribution in [0.25, 0.3) is 0 Å². The summed E-state index contributed by atoms with van der Waals surface area (Å²) in [5.41, 5.74) is 0.181. The lowest BCUT2D eigenvalue weighted by Gasteiger charge is -1.98. The number of pyridine rings is 1. The van der Waals surface area contributed by atoms with E-state index in [9.17, 15) is 9.59 Å². The molecule has 0 aliphatic rings. The van der Waals surface area contributed by atoms with Gasteiger partial charge in [0.05, 0.1) is 6.61 Å². The van der Waals surface area contributed by atoms with Gasteiger partial charge in [0.1, 0.15) is 5.69 Å². The minimum Gasteiger partial charge on any atom is -0.465 e. The number of rotatable bonds is 4. The Labute approximate surface area is 81.9 Å². The van der Waals surface area contributed by atoms with Crippen LogP contribution in [0.4, 0.5) is 0 Å². The summed E-state index contributed by atoms with van der Waals surface area (Å²) in [7, 11) is 0. The highest BCUT2D eigenvalue weighted by Crippen LogP contribution is 1.99. The molecule has 14 heavy (non-hydrogen) atoms. The molecular weight excluding hydrogens is 182 g/mol. The van der Waals surface area contributed by atoms with Crippen LogP contribution in [-0.2, 0) is 9.53 Å². The zero-order chi connectivity index (χ0) is 10.4. The Kier molecular flexibility index (Phi) is 3.79. The lowest BCUT2D eigenvalue weighted by atomic mass is 10.2. The van der Waals surface area contributed by atoms with Gasteiger partial charge in [0.2, 0.25) is 5.78 Å². The number of hydrogen-bond donors (Lipinski definition) is 0. The molecule has 0 saturated carbocycles. The number of esters is 1. The van der Waals surface area contributed by atoms with Gasteiger partial charge in [-0.2, -0.15) is 0 Å². The molecule has 0 fully saturated rings. The van der Waals surface area contributed by atoms with Crippen molar-refractivity contribution < 1.29 is 14.3 Å². The fourth-order valence-corrected chi connectivity index (χ4v) is 0.821. The van der Waals surface area contributed by atoms with E-state index in [1.54, 1.807) is 19.1 Å². The van der Waals surface area contributed by atoms with E-state index in [2.05, 4.69) is 9.72 Å². The molecule has 0 N–H and O–H groups in total. The third kappa shape index (κ3) is 2.97. The average molecular weight is 191 g/mol. The lowest BCUT2D eigenvalue weighted by Crippen LogP contribution is -2.13. The fraction of sp³-hybridized carbons (Fsp3) is 0.200. The highest BCUT2D eigenvalue weighted by molar-refractivity contribution is 6.14. The van der Waals surface area contributed by atoms with Crippen LogP contribution in [0.5, 0.6) is 0 Å². The maximum atomic E-state index is 11.3. The molecule has 0 aliphatic heterocycles. The SMILES string of the molecule is CCOC(=O)[C]C(=O)c1ccccn1. The van der Waals surface area contributed by atoms with Crippen molar-refractivity contribution in [3.63, 3.8) is 0 Å². The van der Waals surface area contributed by atoms with Crippen molar-refractivity contribution in [3.05, 3.63) is 36.5 Å². The number of aromatic nitrogens is 1. The normalized spacial score (nSPS) is 9.50. The van der Waals surface area contributed by atoms with Crippen molar-refractivity contribution >= 4 is 11.8 Å². The molecule has 1 heterocycles. The van der Waals surface area contributed by atoms with Crippen LogP contribution < -0.4 is 0 Å². The Bertz CT molecular complexity index is 321. The van der Waals surface area contributed by atoms with Crippen molar-refractivity contribution in [2.24, 2.45) is 0 Å². The summed E-state index contributed by atoms with van der Waals surface area (Å²) in [6.45, 7) is 1.88. The topological polar surface area (TPSA) is 56.3 Å². The van der Waals surface area contributed by atoms with Gasteiger partial charge in [-0.3, -0.25) is 14.6 Å². The summed E-state index contributed by atoms with van der Waals surface area (Å²) in [4.78, 5) is 25.9. The largest absolute Gasteiger partial charge is 0.465 e. The first kappa shape index (κ1) is 10.4. The highest BCUT2D eigenvalue weighted by Gasteiger charge is 2.14. The van der Waals surface area contributed by atoms with Crippen molar-refractivity contribution in [1.29, 1.82) is 0 Å². The second-order valence-electron chi connectivity index (χ2n) is 2.39. The highest BCUT2D eigenvalue weighted by atomic mass is 16.5. The lowest BCUT2D eigenvalue weighted by molar-refractivity contribution is -0.138. The van der Waals surface area contributed by atoms with Crippen LogP contribution >= 0.6 is 0 Å². The zero-order valence-corrected chi connectivity index (χ0v) is 7.69. The van der Waals surface area contributed by atoms with Crippen LogP contribution in [0.15, 0.2) is 24.4 Å². The van der Waals surface area contributed by atoms with Gasteiger partial charge in [-0.05, 0) is 19.1 Å². The molecule has 4 nitrogen and oxygen atoms in total. The molecule has 1 rings (SSSR count). The first-order valence-electron chi connectivity index (χ1n) is 4.13. The van der Waals surface area contributed by atoms with E-state index in [0.29, 0.717) is 0 Å². The Hall–Kier alpha value is -1.71. The number of hydrogen-bond acceptors (Lipinski definition) is 4. The van der Waals surface area contributed by atoms with E-state index in [1.165, 1.54) is 12.3 Å². The number of carbonyl (C=O) groups excluding carboxylic acids is 2. The molecule has 0 amide bonds. The first-order chi connectivity index (χ1) is 6.74. The molecule has 1 aromatic rings. The summed E-state index contributed by atoms with van der Waals surface area (Å²) in [6.07, 6.45) is 3.51. The van der Waals surface area contributed by atoms with Crippen molar-refractivity contribution in [2.75, 3.05) is 6.61 Å². The Morgan fingerprint density at radius 3 is 2.86 bits per heavy atom. The van der Waals surface area contributed by atoms with E-state index < -0.39 is 11.8 Å². The fourth-order valence-electron chi connectivity index (χ4n) is 0.821.